The number of hydrogen-bond acceptors (Lipinski definition) is 4. The van der Waals surface area contributed by atoms with Gasteiger partial charge in [0.1, 0.15) is 6.10 Å². The molecule has 0 aliphatic carbocycles. The molecule has 2 heterocycles. The Bertz CT molecular complexity index is 353. The van der Waals surface area contributed by atoms with E-state index in [9.17, 15) is 4.79 Å². The fourth-order valence-electron chi connectivity index (χ4n) is 3.08. The first-order valence-electron chi connectivity index (χ1n) is 8.18. The van der Waals surface area contributed by atoms with Crippen molar-refractivity contribution < 1.29 is 14.3 Å². The Morgan fingerprint density at radius 3 is 2.81 bits per heavy atom. The molecule has 1 amide bonds. The van der Waals surface area contributed by atoms with Crippen molar-refractivity contribution in [2.45, 2.75) is 64.7 Å². The van der Waals surface area contributed by atoms with E-state index in [-0.39, 0.29) is 23.5 Å². The lowest BCUT2D eigenvalue weighted by Crippen LogP contribution is -2.55. The van der Waals surface area contributed by atoms with Crippen LogP contribution >= 0.6 is 0 Å². The van der Waals surface area contributed by atoms with Crippen LogP contribution in [0.1, 0.15) is 46.5 Å². The maximum absolute atomic E-state index is 12.5. The van der Waals surface area contributed by atoms with Crippen LogP contribution in [0.15, 0.2) is 0 Å². The lowest BCUT2D eigenvalue weighted by Gasteiger charge is -2.43. The molecule has 2 N–H and O–H groups in total. The molecule has 2 rings (SSSR count). The van der Waals surface area contributed by atoms with Crippen molar-refractivity contribution in [3.8, 4) is 0 Å². The highest BCUT2D eigenvalue weighted by Crippen LogP contribution is 2.28. The van der Waals surface area contributed by atoms with Crippen LogP contribution in [0.3, 0.4) is 0 Å². The van der Waals surface area contributed by atoms with Gasteiger partial charge in [-0.2, -0.15) is 0 Å². The molecule has 5 nitrogen and oxygen atoms in total. The van der Waals surface area contributed by atoms with Crippen molar-refractivity contribution in [3.05, 3.63) is 0 Å². The van der Waals surface area contributed by atoms with Crippen molar-refractivity contribution in [2.75, 3.05) is 26.3 Å². The largest absolute Gasteiger partial charge is 0.376 e. The molecule has 0 bridgehead atoms. The average Bonchev–Trinajstić information content (AvgIpc) is 2.48. The van der Waals surface area contributed by atoms with Gasteiger partial charge in [-0.3, -0.25) is 4.79 Å². The van der Waals surface area contributed by atoms with Crippen LogP contribution in [0.4, 0.5) is 0 Å². The molecule has 0 spiro atoms. The first-order valence-corrected chi connectivity index (χ1v) is 8.18. The highest BCUT2D eigenvalue weighted by Gasteiger charge is 2.36. The quantitative estimate of drug-likeness (QED) is 0.855. The summed E-state index contributed by atoms with van der Waals surface area (Å²) in [5, 5.41) is 0. The molecule has 122 valence electrons. The van der Waals surface area contributed by atoms with Crippen molar-refractivity contribution in [3.63, 3.8) is 0 Å². The van der Waals surface area contributed by atoms with Gasteiger partial charge in [-0.05, 0) is 38.0 Å². The minimum Gasteiger partial charge on any atom is -0.376 e. The number of likely N-dealkylation sites (tertiary alicyclic amines) is 1. The van der Waals surface area contributed by atoms with Crippen molar-refractivity contribution in [1.82, 2.24) is 4.90 Å². The van der Waals surface area contributed by atoms with E-state index >= 15 is 0 Å². The van der Waals surface area contributed by atoms with Gasteiger partial charge in [-0.15, -0.1) is 0 Å². The van der Waals surface area contributed by atoms with E-state index in [1.54, 1.807) is 0 Å². The van der Waals surface area contributed by atoms with E-state index in [4.69, 9.17) is 15.2 Å². The summed E-state index contributed by atoms with van der Waals surface area (Å²) in [6.07, 6.45) is 3.97. The zero-order valence-electron chi connectivity index (χ0n) is 13.6. The fourth-order valence-corrected chi connectivity index (χ4v) is 3.08. The molecule has 3 atom stereocenters. The van der Waals surface area contributed by atoms with Gasteiger partial charge in [-0.1, -0.05) is 13.8 Å². The molecule has 2 saturated heterocycles. The lowest BCUT2D eigenvalue weighted by molar-refractivity contribution is -0.149. The second kappa shape index (κ2) is 7.07. The maximum Gasteiger partial charge on any atom is 0.251 e. The normalized spacial score (nSPS) is 31.0. The number of nitrogens with two attached hydrogens (primary N) is 1. The molecular formula is C16H30N2O3. The van der Waals surface area contributed by atoms with Gasteiger partial charge in [0, 0.05) is 25.7 Å². The fraction of sp³-hybridized carbons (Fsp3) is 0.938. The molecule has 3 unspecified atom stereocenters. The Hall–Kier alpha value is -0.650. The Kier molecular flexibility index (Phi) is 5.63. The van der Waals surface area contributed by atoms with E-state index in [2.05, 4.69) is 13.8 Å². The second-order valence-electron chi connectivity index (χ2n) is 7.11. The Morgan fingerprint density at radius 1 is 1.43 bits per heavy atom. The summed E-state index contributed by atoms with van der Waals surface area (Å²) in [6, 6.07) is 0.161. The maximum atomic E-state index is 12.5. The average molecular weight is 298 g/mol. The Labute approximate surface area is 128 Å². The van der Waals surface area contributed by atoms with Crippen LogP contribution in [0.5, 0.6) is 0 Å². The summed E-state index contributed by atoms with van der Waals surface area (Å²) in [6.45, 7) is 8.86. The number of rotatable bonds is 4. The van der Waals surface area contributed by atoms with Gasteiger partial charge >= 0.3 is 0 Å². The van der Waals surface area contributed by atoms with Crippen LogP contribution in [0, 0.1) is 5.41 Å². The molecule has 0 aromatic heterocycles. The molecule has 0 radical (unpaired) electrons. The molecule has 21 heavy (non-hydrogen) atoms. The number of nitrogens with zero attached hydrogens (tertiary/aromatic N) is 1. The molecule has 2 aliphatic rings. The molecule has 2 fully saturated rings. The highest BCUT2D eigenvalue weighted by atomic mass is 16.5. The van der Waals surface area contributed by atoms with Gasteiger partial charge in [0.15, 0.2) is 0 Å². The van der Waals surface area contributed by atoms with E-state index in [0.717, 1.165) is 32.4 Å². The zero-order valence-corrected chi connectivity index (χ0v) is 13.6. The van der Waals surface area contributed by atoms with Gasteiger partial charge in [0.2, 0.25) is 0 Å². The van der Waals surface area contributed by atoms with Crippen LogP contribution in [-0.4, -0.2) is 55.4 Å². The predicted molar refractivity (Wildman–Crippen MR) is 82.0 cm³/mol. The summed E-state index contributed by atoms with van der Waals surface area (Å²) in [4.78, 5) is 14.4. The van der Waals surface area contributed by atoms with Gasteiger partial charge in [0.05, 0.1) is 12.7 Å². The second-order valence-corrected chi connectivity index (χ2v) is 7.11. The summed E-state index contributed by atoms with van der Waals surface area (Å²) in [7, 11) is 0. The van der Waals surface area contributed by atoms with Gasteiger partial charge in [-0.25, -0.2) is 0 Å². The smallest absolute Gasteiger partial charge is 0.251 e. The zero-order chi connectivity index (χ0) is 15.5. The SMILES string of the molecule is CC(OCC1CCCCO1)C(=O)N1CCC(N)C(C)(C)C1. The minimum absolute atomic E-state index is 0.0277. The highest BCUT2D eigenvalue weighted by molar-refractivity contribution is 5.80. The van der Waals surface area contributed by atoms with Crippen molar-refractivity contribution >= 4 is 5.91 Å². The van der Waals surface area contributed by atoms with Crippen molar-refractivity contribution in [1.29, 1.82) is 0 Å². The monoisotopic (exact) mass is 298 g/mol. The summed E-state index contributed by atoms with van der Waals surface area (Å²) in [5.74, 6) is 0.0748. The number of carbonyl (C=O) groups excluding carboxylic acids is 1. The third kappa shape index (κ3) is 4.41. The van der Waals surface area contributed by atoms with E-state index in [0.29, 0.717) is 13.2 Å². The van der Waals surface area contributed by atoms with Crippen molar-refractivity contribution in [2.24, 2.45) is 11.1 Å². The first kappa shape index (κ1) is 16.7. The summed E-state index contributed by atoms with van der Waals surface area (Å²) < 4.78 is 11.4. The van der Waals surface area contributed by atoms with Gasteiger partial charge < -0.3 is 20.1 Å². The standard InChI is InChI=1S/C16H30N2O3/c1-12(21-10-13-6-4-5-9-20-13)15(19)18-8-7-14(17)16(2,3)11-18/h12-14H,4-11,17H2,1-3H3. The molecule has 0 aromatic carbocycles. The number of hydrogen-bond donors (Lipinski definition) is 1. The molecular weight excluding hydrogens is 268 g/mol. The predicted octanol–water partition coefficient (Wildman–Crippen LogP) is 1.55. The molecule has 2 aliphatic heterocycles. The van der Waals surface area contributed by atoms with Gasteiger partial charge in [0.25, 0.3) is 5.91 Å². The topological polar surface area (TPSA) is 64.8 Å². The van der Waals surface area contributed by atoms with Crippen LogP contribution in [0.2, 0.25) is 0 Å². The minimum atomic E-state index is -0.402. The molecule has 0 saturated carbocycles. The van der Waals surface area contributed by atoms with E-state index in [1.165, 1.54) is 6.42 Å². The molecule has 0 aromatic rings. The number of carbonyl (C=O) groups is 1. The lowest BCUT2D eigenvalue weighted by atomic mass is 9.79. The molecule has 5 heteroatoms. The number of ether oxygens (including phenoxy) is 2. The van der Waals surface area contributed by atoms with Crippen LogP contribution < -0.4 is 5.73 Å². The van der Waals surface area contributed by atoms with Crippen LogP contribution in [-0.2, 0) is 14.3 Å². The number of piperidine rings is 1. The third-order valence-electron chi connectivity index (χ3n) is 4.78. The Balaban J connectivity index is 1.79. The summed E-state index contributed by atoms with van der Waals surface area (Å²) >= 11 is 0. The summed E-state index contributed by atoms with van der Waals surface area (Å²) in [5.41, 5.74) is 6.09. The number of amides is 1. The third-order valence-corrected chi connectivity index (χ3v) is 4.78. The Morgan fingerprint density at radius 2 is 2.19 bits per heavy atom. The van der Waals surface area contributed by atoms with Crippen LogP contribution in [0.25, 0.3) is 0 Å². The first-order chi connectivity index (χ1) is 9.90. The van der Waals surface area contributed by atoms with E-state index < -0.39 is 6.10 Å². The van der Waals surface area contributed by atoms with E-state index in [1.807, 2.05) is 11.8 Å².